The number of nitrogens with zero attached hydrogens (tertiary/aromatic N) is 4. The summed E-state index contributed by atoms with van der Waals surface area (Å²) in [6.07, 6.45) is 3.00. The summed E-state index contributed by atoms with van der Waals surface area (Å²) in [6, 6.07) is 15.2. The van der Waals surface area contributed by atoms with Gasteiger partial charge in [-0.1, -0.05) is 24.8 Å². The Kier molecular flexibility index (Phi) is 5.49. The van der Waals surface area contributed by atoms with Gasteiger partial charge < -0.3 is 14.2 Å². The number of methoxy groups -OCH3 is 1. The molecule has 0 bridgehead atoms. The molecule has 0 saturated carbocycles. The number of fused-ring (bicyclic) bond motifs is 1. The van der Waals surface area contributed by atoms with Gasteiger partial charge in [0.15, 0.2) is 5.17 Å². The maximum absolute atomic E-state index is 5.37. The van der Waals surface area contributed by atoms with Gasteiger partial charge in [-0.25, -0.2) is 0 Å². The minimum absolute atomic E-state index is 0.0107. The molecule has 5 rings (SSSR count). The summed E-state index contributed by atoms with van der Waals surface area (Å²) in [5, 5.41) is 1.17. The Morgan fingerprint density at radius 3 is 2.50 bits per heavy atom. The van der Waals surface area contributed by atoms with Crippen LogP contribution in [0.15, 0.2) is 53.7 Å². The highest BCUT2D eigenvalue weighted by Gasteiger charge is 2.47. The predicted octanol–water partition coefficient (Wildman–Crippen LogP) is 5.79. The van der Waals surface area contributed by atoms with E-state index in [1.807, 2.05) is 36.2 Å². The topological polar surface area (TPSA) is 42.6 Å². The Bertz CT molecular complexity index is 1150. The van der Waals surface area contributed by atoms with Crippen molar-refractivity contribution >= 4 is 16.9 Å². The Labute approximate surface area is 194 Å². The van der Waals surface area contributed by atoms with Crippen LogP contribution in [0.2, 0.25) is 0 Å². The third kappa shape index (κ3) is 3.24. The number of hydrogen-bond donors (Lipinski definition) is 0. The van der Waals surface area contributed by atoms with Crippen LogP contribution in [-0.4, -0.2) is 38.5 Å². The highest BCUT2D eigenvalue weighted by molar-refractivity contribution is 8.14. The number of ether oxygens (including phenoxy) is 1. The highest BCUT2D eigenvalue weighted by Crippen LogP contribution is 2.50. The molecule has 5 nitrogen and oxygen atoms in total. The van der Waals surface area contributed by atoms with E-state index in [2.05, 4.69) is 61.4 Å². The standard InChI is InChI=1S/C26H30N4OS/c1-6-19-15-32-26-28-24(22-9-7-8-14-27-22)25(30(19)26)23-16(2)17(3)29(18(23)4)20-10-12-21(31-5)13-11-20/h7-14,19,24-25H,6,15H2,1-5H3/t19-,24+,25-/m1/s1. The molecule has 166 valence electrons. The zero-order chi connectivity index (χ0) is 22.4. The molecule has 2 aromatic heterocycles. The number of benzene rings is 1. The lowest BCUT2D eigenvalue weighted by molar-refractivity contribution is 0.254. The quantitative estimate of drug-likeness (QED) is 0.498. The Morgan fingerprint density at radius 2 is 1.84 bits per heavy atom. The zero-order valence-electron chi connectivity index (χ0n) is 19.4. The second-order valence-electron chi connectivity index (χ2n) is 8.58. The fraction of sp³-hybridized carbons (Fsp3) is 0.385. The highest BCUT2D eigenvalue weighted by atomic mass is 32.2. The SMILES string of the molecule is CC[C@@H]1CSC2=N[C@@H](c3ccccn3)[C@@H](c3c(C)c(C)n(-c4ccc(OC)cc4)c3C)N21. The molecule has 4 heterocycles. The summed E-state index contributed by atoms with van der Waals surface area (Å²) in [5.74, 6) is 1.98. The van der Waals surface area contributed by atoms with Crippen molar-refractivity contribution in [3.05, 3.63) is 76.9 Å². The van der Waals surface area contributed by atoms with Crippen molar-refractivity contribution in [3.63, 3.8) is 0 Å². The molecule has 0 radical (unpaired) electrons. The lowest BCUT2D eigenvalue weighted by Gasteiger charge is -2.32. The van der Waals surface area contributed by atoms with Gasteiger partial charge in [-0.2, -0.15) is 0 Å². The van der Waals surface area contributed by atoms with Crippen molar-refractivity contribution < 1.29 is 4.74 Å². The van der Waals surface area contributed by atoms with Crippen LogP contribution >= 0.6 is 11.8 Å². The van der Waals surface area contributed by atoms with Crippen LogP contribution < -0.4 is 4.74 Å². The monoisotopic (exact) mass is 446 g/mol. The molecule has 0 aliphatic carbocycles. The van der Waals surface area contributed by atoms with Gasteiger partial charge in [0.2, 0.25) is 0 Å². The molecular formula is C26H30N4OS. The van der Waals surface area contributed by atoms with E-state index < -0.39 is 0 Å². The molecule has 1 fully saturated rings. The van der Waals surface area contributed by atoms with Crippen LogP contribution in [0, 0.1) is 20.8 Å². The van der Waals surface area contributed by atoms with E-state index in [1.54, 1.807) is 7.11 Å². The van der Waals surface area contributed by atoms with Crippen LogP contribution in [0.3, 0.4) is 0 Å². The first-order chi connectivity index (χ1) is 15.5. The van der Waals surface area contributed by atoms with Crippen molar-refractivity contribution in [1.82, 2.24) is 14.5 Å². The van der Waals surface area contributed by atoms with Crippen LogP contribution in [-0.2, 0) is 0 Å². The number of pyridine rings is 1. The Balaban J connectivity index is 1.66. The summed E-state index contributed by atoms with van der Waals surface area (Å²) in [6.45, 7) is 9.01. The van der Waals surface area contributed by atoms with Gasteiger partial charge in [-0.3, -0.25) is 9.98 Å². The summed E-state index contributed by atoms with van der Waals surface area (Å²) in [5.41, 5.74) is 7.48. The predicted molar refractivity (Wildman–Crippen MR) is 132 cm³/mol. The van der Waals surface area contributed by atoms with E-state index in [0.29, 0.717) is 6.04 Å². The molecule has 3 atom stereocenters. The molecule has 0 spiro atoms. The molecule has 0 unspecified atom stereocenters. The normalized spacial score (nSPS) is 22.2. The zero-order valence-corrected chi connectivity index (χ0v) is 20.2. The molecule has 32 heavy (non-hydrogen) atoms. The van der Waals surface area contributed by atoms with Crippen molar-refractivity contribution in [2.24, 2.45) is 4.99 Å². The number of aliphatic imine (C=N–C) groups is 1. The maximum atomic E-state index is 5.37. The summed E-state index contributed by atoms with van der Waals surface area (Å²) < 4.78 is 7.75. The average molecular weight is 447 g/mol. The van der Waals surface area contributed by atoms with Crippen molar-refractivity contribution in [2.75, 3.05) is 12.9 Å². The minimum Gasteiger partial charge on any atom is -0.497 e. The van der Waals surface area contributed by atoms with Crippen LogP contribution in [0.25, 0.3) is 5.69 Å². The van der Waals surface area contributed by atoms with E-state index in [-0.39, 0.29) is 12.1 Å². The average Bonchev–Trinajstić information content (AvgIpc) is 3.46. The van der Waals surface area contributed by atoms with E-state index >= 15 is 0 Å². The third-order valence-corrected chi connectivity index (χ3v) is 8.09. The number of thioether (sulfide) groups is 1. The number of aromatic nitrogens is 2. The van der Waals surface area contributed by atoms with Gasteiger partial charge in [0, 0.05) is 40.6 Å². The first kappa shape index (κ1) is 21.1. The van der Waals surface area contributed by atoms with E-state index in [9.17, 15) is 0 Å². The first-order valence-corrected chi connectivity index (χ1v) is 12.3. The second kappa shape index (κ2) is 8.32. The number of hydrogen-bond acceptors (Lipinski definition) is 5. The van der Waals surface area contributed by atoms with Crippen LogP contribution in [0.5, 0.6) is 5.75 Å². The first-order valence-electron chi connectivity index (χ1n) is 11.3. The molecule has 6 heteroatoms. The Hall–Kier alpha value is -2.73. The molecule has 2 aliphatic rings. The van der Waals surface area contributed by atoms with Gasteiger partial charge in [0.1, 0.15) is 11.8 Å². The lowest BCUT2D eigenvalue weighted by Crippen LogP contribution is -2.35. The molecule has 1 aromatic carbocycles. The van der Waals surface area contributed by atoms with Gasteiger partial charge >= 0.3 is 0 Å². The maximum Gasteiger partial charge on any atom is 0.160 e. The third-order valence-electron chi connectivity index (χ3n) is 6.96. The lowest BCUT2D eigenvalue weighted by atomic mass is 9.92. The molecular weight excluding hydrogens is 416 g/mol. The molecule has 2 aliphatic heterocycles. The van der Waals surface area contributed by atoms with Crippen LogP contribution in [0.1, 0.15) is 53.6 Å². The van der Waals surface area contributed by atoms with Gasteiger partial charge in [-0.05, 0) is 69.2 Å². The number of amidine groups is 1. The van der Waals surface area contributed by atoms with E-state index in [4.69, 9.17) is 14.7 Å². The van der Waals surface area contributed by atoms with Gasteiger partial charge in [-0.15, -0.1) is 0 Å². The van der Waals surface area contributed by atoms with Crippen molar-refractivity contribution in [1.29, 1.82) is 0 Å². The summed E-state index contributed by atoms with van der Waals surface area (Å²) in [4.78, 5) is 12.5. The van der Waals surface area contributed by atoms with Gasteiger partial charge in [0.25, 0.3) is 0 Å². The van der Waals surface area contributed by atoms with E-state index in [1.165, 1.54) is 27.7 Å². The molecule has 1 saturated heterocycles. The van der Waals surface area contributed by atoms with E-state index in [0.717, 1.165) is 29.3 Å². The van der Waals surface area contributed by atoms with Crippen LogP contribution in [0.4, 0.5) is 0 Å². The largest absolute Gasteiger partial charge is 0.497 e. The summed E-state index contributed by atoms with van der Waals surface area (Å²) >= 11 is 1.89. The molecule has 0 N–H and O–H groups in total. The minimum atomic E-state index is 0.0107. The fourth-order valence-electron chi connectivity index (χ4n) is 5.22. The summed E-state index contributed by atoms with van der Waals surface area (Å²) in [7, 11) is 1.71. The Morgan fingerprint density at radius 1 is 1.06 bits per heavy atom. The number of rotatable bonds is 5. The van der Waals surface area contributed by atoms with Crippen molar-refractivity contribution in [3.8, 4) is 11.4 Å². The molecule has 3 aromatic rings. The second-order valence-corrected chi connectivity index (χ2v) is 9.57. The van der Waals surface area contributed by atoms with Crippen molar-refractivity contribution in [2.45, 2.75) is 52.2 Å². The molecule has 0 amide bonds. The smallest absolute Gasteiger partial charge is 0.160 e. The van der Waals surface area contributed by atoms with Gasteiger partial charge in [0.05, 0.1) is 18.8 Å². The fourth-order valence-corrected chi connectivity index (χ4v) is 6.56.